The number of halogens is 6. The molecule has 1 saturated heterocycles. The molecule has 0 aliphatic carbocycles. The molecule has 21 heteroatoms. The van der Waals surface area contributed by atoms with Crippen molar-refractivity contribution in [1.82, 2.24) is 18.3 Å². The molecule has 0 radical (unpaired) electrons. The number of hydrogen-bond acceptors (Lipinski definition) is 9. The molecule has 2 aromatic heterocycles. The molecule has 7 rings (SSSR count). The quantitative estimate of drug-likeness (QED) is 0.0589. The maximum Gasteiger partial charge on any atom is 1.00 e. The van der Waals surface area contributed by atoms with Crippen molar-refractivity contribution in [3.05, 3.63) is 115 Å². The first-order valence-electron chi connectivity index (χ1n) is 19.3. The second-order valence-corrected chi connectivity index (χ2v) is 18.7. The molecule has 1 aliphatic rings. The van der Waals surface area contributed by atoms with Gasteiger partial charge in [0.2, 0.25) is 0 Å². The molecule has 0 spiro atoms. The summed E-state index contributed by atoms with van der Waals surface area (Å²) in [6, 6.07) is 17.2. The minimum Gasteiger partial charge on any atom is -0.870 e. The summed E-state index contributed by atoms with van der Waals surface area (Å²) in [7, 11) is -3.07. The van der Waals surface area contributed by atoms with Gasteiger partial charge in [-0.15, -0.1) is 5.56 Å². The molecule has 1 aliphatic heterocycles. The van der Waals surface area contributed by atoms with Crippen LogP contribution >= 0.6 is 23.2 Å². The Bertz CT molecular complexity index is 2920. The molecular weight excluding hydrogens is 902 g/mol. The predicted molar refractivity (Wildman–Crippen MR) is 231 cm³/mol. The van der Waals surface area contributed by atoms with Crippen LogP contribution in [0.3, 0.4) is 0 Å². The van der Waals surface area contributed by atoms with Gasteiger partial charge in [0, 0.05) is 41.7 Å². The Labute approximate surface area is 386 Å². The Kier molecular flexibility index (Phi) is 16.6. The van der Waals surface area contributed by atoms with Gasteiger partial charge in [0.1, 0.15) is 21.3 Å². The van der Waals surface area contributed by atoms with Crippen molar-refractivity contribution in [1.29, 1.82) is 0 Å². The summed E-state index contributed by atoms with van der Waals surface area (Å²) in [5.41, 5.74) is 1.34. The van der Waals surface area contributed by atoms with Gasteiger partial charge in [0.25, 0.3) is 0 Å². The van der Waals surface area contributed by atoms with Gasteiger partial charge in [-0.1, -0.05) is 36.7 Å². The van der Waals surface area contributed by atoms with Gasteiger partial charge in [0.15, 0.2) is 5.78 Å². The standard InChI is InChI=1S/C25H27ClF2N2O5S.C18H14ClF2N2O3.Li.H2O/c1-15(2)29-22-19(30(24(29)32)16-5-4-6-17(13-16)35-23(27)28)8-7-18(21(22)26)20(31)14-25(3)9-11-36(33,34)12-10-25;1-10(2)22-16-14(7-6-11(9-24)15(16)19)23(18(22)25)12-4-3-5-13(8-12)26-17(20)21;;/h4-8,13,15,23H,9-12,14H2,1-3H3;3-8,10,17H,1-2H3;;1H2/q;-1;+1;/p-1. The van der Waals surface area contributed by atoms with E-state index in [-0.39, 0.29) is 92.8 Å². The van der Waals surface area contributed by atoms with Gasteiger partial charge in [-0.25, -0.2) is 18.0 Å². The normalized spacial score (nSPS) is 14.3. The van der Waals surface area contributed by atoms with E-state index in [9.17, 15) is 45.2 Å². The number of imidazole rings is 2. The Morgan fingerprint density at radius 2 is 1.19 bits per heavy atom. The van der Waals surface area contributed by atoms with Crippen molar-refractivity contribution in [2.45, 2.75) is 79.2 Å². The van der Waals surface area contributed by atoms with Crippen LogP contribution in [0.2, 0.25) is 10.0 Å². The maximum absolute atomic E-state index is 13.5. The van der Waals surface area contributed by atoms with Crippen molar-refractivity contribution in [2.75, 3.05) is 11.5 Å². The number of aromatic nitrogens is 4. The van der Waals surface area contributed by atoms with E-state index in [0.717, 1.165) is 0 Å². The summed E-state index contributed by atoms with van der Waals surface area (Å²) in [5.74, 6) is -0.299. The summed E-state index contributed by atoms with van der Waals surface area (Å²) < 4.78 is 88.6. The average Bonchev–Trinajstić information content (AvgIpc) is 3.67. The van der Waals surface area contributed by atoms with Gasteiger partial charge in [-0.3, -0.25) is 23.1 Å². The number of fused-ring (bicyclic) bond motifs is 2. The SMILES string of the molecule is CC(C)n1c(=O)n(-c2cccc(OC(F)F)c2)c2ccc(C(=O)CC3(C)CCS(=O)(=O)CC3)c(Cl)c21.CC(C)n1c(=O)n(-c2cccc(OC(F)F)c2)c2ccc([C-]=O)c(Cl)c21.[Li+].[OH-]. The molecule has 6 aromatic rings. The van der Waals surface area contributed by atoms with Gasteiger partial charge in [-0.05, 0) is 87.4 Å². The average molecular weight is 945 g/mol. The van der Waals surface area contributed by atoms with Crippen molar-refractivity contribution < 1.29 is 69.4 Å². The number of carbonyl (C=O) groups is 1. The number of nitrogens with zero attached hydrogens (tertiary/aromatic N) is 4. The molecule has 0 saturated carbocycles. The second-order valence-electron chi connectivity index (χ2n) is 15.7. The molecule has 1 N–H and O–H groups in total. The summed E-state index contributed by atoms with van der Waals surface area (Å²) in [6.07, 6.45) is 2.66. The Morgan fingerprint density at radius 1 is 0.750 bits per heavy atom. The van der Waals surface area contributed by atoms with Crippen LogP contribution in [0.4, 0.5) is 17.6 Å². The maximum atomic E-state index is 13.5. The van der Waals surface area contributed by atoms with Crippen LogP contribution in [-0.2, 0) is 14.6 Å². The fourth-order valence-electron chi connectivity index (χ4n) is 7.58. The minimum atomic E-state index is -3.07. The fourth-order valence-corrected chi connectivity index (χ4v) is 10.0. The number of ether oxygens (including phenoxy) is 2. The smallest absolute Gasteiger partial charge is 0.870 e. The third-order valence-electron chi connectivity index (χ3n) is 10.6. The topological polar surface area (TPSA) is 171 Å². The summed E-state index contributed by atoms with van der Waals surface area (Å²) in [5, 5.41) is 0.233. The van der Waals surface area contributed by atoms with E-state index in [1.807, 2.05) is 6.92 Å². The number of ketones is 1. The third-order valence-corrected chi connectivity index (χ3v) is 13.0. The van der Waals surface area contributed by atoms with E-state index in [4.69, 9.17) is 23.2 Å². The molecule has 338 valence electrons. The largest absolute Gasteiger partial charge is 1.00 e. The predicted octanol–water partition coefficient (Wildman–Crippen LogP) is 6.33. The number of alkyl halides is 4. The molecule has 3 heterocycles. The van der Waals surface area contributed by atoms with Crippen molar-refractivity contribution in [3.8, 4) is 22.9 Å². The molecule has 64 heavy (non-hydrogen) atoms. The van der Waals surface area contributed by atoms with E-state index in [1.54, 1.807) is 64.3 Å². The van der Waals surface area contributed by atoms with E-state index in [1.165, 1.54) is 60.7 Å². The number of Topliss-reactive ketones (excluding diaryl/α,β-unsaturated/α-hetero) is 1. The van der Waals surface area contributed by atoms with Gasteiger partial charge in [0.05, 0.1) is 50.7 Å². The first-order chi connectivity index (χ1) is 29.2. The molecule has 4 aromatic carbocycles. The van der Waals surface area contributed by atoms with Gasteiger partial charge < -0.3 is 19.7 Å². The molecule has 0 unspecified atom stereocenters. The van der Waals surface area contributed by atoms with Crippen LogP contribution in [0.1, 0.15) is 81.9 Å². The van der Waals surface area contributed by atoms with Crippen LogP contribution in [0.25, 0.3) is 33.4 Å². The Balaban J connectivity index is 0.000000285. The van der Waals surface area contributed by atoms with Gasteiger partial charge in [-0.2, -0.15) is 35.2 Å². The zero-order valence-electron chi connectivity index (χ0n) is 35.5. The van der Waals surface area contributed by atoms with Crippen LogP contribution < -0.4 is 39.7 Å². The number of benzene rings is 4. The summed E-state index contributed by atoms with van der Waals surface area (Å²) in [4.78, 5) is 50.8. The van der Waals surface area contributed by atoms with E-state index >= 15 is 0 Å². The van der Waals surface area contributed by atoms with Crippen molar-refractivity contribution >= 4 is 67.2 Å². The monoisotopic (exact) mass is 943 g/mol. The third kappa shape index (κ3) is 10.6. The molecule has 13 nitrogen and oxygen atoms in total. The summed E-state index contributed by atoms with van der Waals surface area (Å²) in [6.45, 7) is 3.12. The molecular formula is C43H42Cl2F4LiN4O9S-. The number of sulfone groups is 1. The van der Waals surface area contributed by atoms with E-state index in [0.29, 0.717) is 46.3 Å². The van der Waals surface area contributed by atoms with Crippen LogP contribution in [0.15, 0.2) is 82.4 Å². The first kappa shape index (κ1) is 51.8. The number of rotatable bonds is 12. The zero-order valence-corrected chi connectivity index (χ0v) is 37.8. The zero-order chi connectivity index (χ0) is 45.4. The molecule has 1 fully saturated rings. The van der Waals surface area contributed by atoms with Gasteiger partial charge >= 0.3 is 43.5 Å². The summed E-state index contributed by atoms with van der Waals surface area (Å²) >= 11 is 13.1. The minimum absolute atomic E-state index is 0. The number of hydrogen-bond donors (Lipinski definition) is 0. The second kappa shape index (κ2) is 20.6. The van der Waals surface area contributed by atoms with Crippen LogP contribution in [-0.4, -0.2) is 69.0 Å². The number of carbonyl (C=O) groups excluding carboxylic acids is 2. The molecule has 0 amide bonds. The van der Waals surface area contributed by atoms with E-state index < -0.39 is 39.9 Å². The fraction of sp³-hybridized carbons (Fsp3) is 0.349. The van der Waals surface area contributed by atoms with Crippen LogP contribution in [0.5, 0.6) is 11.5 Å². The van der Waals surface area contributed by atoms with E-state index in [2.05, 4.69) is 9.47 Å². The molecule has 0 atom stereocenters. The Morgan fingerprint density at radius 3 is 1.61 bits per heavy atom. The molecule has 0 bridgehead atoms. The first-order valence-corrected chi connectivity index (χ1v) is 21.9. The van der Waals surface area contributed by atoms with Crippen molar-refractivity contribution in [2.24, 2.45) is 5.41 Å². The Hall–Kier alpha value is -4.83. The van der Waals surface area contributed by atoms with Crippen LogP contribution in [0, 0.1) is 5.41 Å². The van der Waals surface area contributed by atoms with Crippen molar-refractivity contribution in [3.63, 3.8) is 0 Å².